The van der Waals surface area contributed by atoms with Gasteiger partial charge in [-0.05, 0) is 24.3 Å². The fraction of sp³-hybridized carbons (Fsp3) is 0. The van der Waals surface area contributed by atoms with Gasteiger partial charge in [0.1, 0.15) is 0 Å². The highest BCUT2D eigenvalue weighted by atomic mass is 35.5. The molecule has 1 heterocycles. The first-order valence-corrected chi connectivity index (χ1v) is 9.09. The Morgan fingerprint density at radius 2 is 1.52 bits per heavy atom. The maximum atomic E-state index is 13.0. The Kier molecular flexibility index (Phi) is 4.80. The van der Waals surface area contributed by atoms with E-state index in [1.165, 1.54) is 0 Å². The van der Waals surface area contributed by atoms with Crippen molar-refractivity contribution < 1.29 is 4.79 Å². The van der Waals surface area contributed by atoms with E-state index in [1.54, 1.807) is 30.3 Å². The summed E-state index contributed by atoms with van der Waals surface area (Å²) in [5.41, 5.74) is 3.22. The highest BCUT2D eigenvalue weighted by Crippen LogP contribution is 2.30. The molecule has 27 heavy (non-hydrogen) atoms. The number of hydrogen-bond acceptors (Lipinski definition) is 2. The van der Waals surface area contributed by atoms with Crippen LogP contribution in [0.5, 0.6) is 0 Å². The van der Waals surface area contributed by atoms with Gasteiger partial charge < -0.3 is 5.32 Å². The Balaban J connectivity index is 1.87. The first kappa shape index (κ1) is 17.5. The summed E-state index contributed by atoms with van der Waals surface area (Å²) in [5, 5.41) is 4.54. The molecular formula is C22H14Cl2N2O. The molecule has 0 radical (unpaired) electrons. The number of nitrogens with zero attached hydrogens (tertiary/aromatic N) is 1. The quantitative estimate of drug-likeness (QED) is 0.434. The molecule has 132 valence electrons. The van der Waals surface area contributed by atoms with Gasteiger partial charge in [-0.1, -0.05) is 77.8 Å². The van der Waals surface area contributed by atoms with Crippen LogP contribution in [0, 0.1) is 0 Å². The summed E-state index contributed by atoms with van der Waals surface area (Å²) < 4.78 is 0. The Morgan fingerprint density at radius 3 is 2.30 bits per heavy atom. The molecule has 3 aromatic carbocycles. The van der Waals surface area contributed by atoms with E-state index in [0.717, 1.165) is 5.56 Å². The number of aromatic nitrogens is 1. The number of hydrogen-bond donors (Lipinski definition) is 1. The van der Waals surface area contributed by atoms with Crippen LogP contribution < -0.4 is 5.32 Å². The van der Waals surface area contributed by atoms with Crippen molar-refractivity contribution in [2.45, 2.75) is 0 Å². The summed E-state index contributed by atoms with van der Waals surface area (Å²) in [6, 6.07) is 24.0. The van der Waals surface area contributed by atoms with Crippen molar-refractivity contribution in [2.75, 3.05) is 5.32 Å². The van der Waals surface area contributed by atoms with E-state index in [4.69, 9.17) is 23.2 Å². The number of fused-ring (bicyclic) bond motifs is 1. The lowest BCUT2D eigenvalue weighted by atomic mass is 10.0. The molecule has 3 nitrogen and oxygen atoms in total. The third-order valence-electron chi connectivity index (χ3n) is 4.23. The number of nitrogens with one attached hydrogen (secondary N) is 1. The lowest BCUT2D eigenvalue weighted by Crippen LogP contribution is -2.13. The maximum absolute atomic E-state index is 13.0. The number of pyridine rings is 1. The molecule has 1 N–H and O–H groups in total. The number of rotatable bonds is 3. The van der Waals surface area contributed by atoms with E-state index in [1.807, 2.05) is 48.5 Å². The van der Waals surface area contributed by atoms with Crippen LogP contribution in [-0.4, -0.2) is 10.9 Å². The number of amides is 1. The molecule has 1 amide bonds. The Labute approximate surface area is 166 Å². The Morgan fingerprint density at radius 1 is 0.815 bits per heavy atom. The smallest absolute Gasteiger partial charge is 0.256 e. The average Bonchev–Trinajstić information content (AvgIpc) is 2.70. The first-order chi connectivity index (χ1) is 13.1. The van der Waals surface area contributed by atoms with Gasteiger partial charge in [0.15, 0.2) is 0 Å². The summed E-state index contributed by atoms with van der Waals surface area (Å²) >= 11 is 12.5. The Bertz CT molecular complexity index is 1140. The molecule has 0 atom stereocenters. The number of carbonyl (C=O) groups excluding carboxylic acids is 1. The summed E-state index contributed by atoms with van der Waals surface area (Å²) in [6.07, 6.45) is 0. The highest BCUT2D eigenvalue weighted by molar-refractivity contribution is 6.36. The number of halogens is 2. The minimum atomic E-state index is -0.269. The van der Waals surface area contributed by atoms with E-state index < -0.39 is 0 Å². The zero-order valence-corrected chi connectivity index (χ0v) is 15.6. The molecule has 0 aliphatic carbocycles. The van der Waals surface area contributed by atoms with E-state index in [2.05, 4.69) is 10.3 Å². The molecule has 0 aliphatic rings. The second-order valence-corrected chi connectivity index (χ2v) is 6.81. The standard InChI is InChI=1S/C22H14Cl2N2O/c23-17-10-4-5-12-19(17)26-22(27)16-13-20(14-7-2-1-3-8-14)25-21-15(16)9-6-11-18(21)24/h1-13H,(H,26,27). The first-order valence-electron chi connectivity index (χ1n) is 8.34. The molecule has 1 aromatic heterocycles. The average molecular weight is 393 g/mol. The summed E-state index contributed by atoms with van der Waals surface area (Å²) in [4.78, 5) is 17.7. The molecule has 4 rings (SSSR count). The lowest BCUT2D eigenvalue weighted by molar-refractivity contribution is 0.102. The van der Waals surface area contributed by atoms with Gasteiger partial charge in [0.05, 0.1) is 32.5 Å². The van der Waals surface area contributed by atoms with Crippen LogP contribution in [0.4, 0.5) is 5.69 Å². The summed E-state index contributed by atoms with van der Waals surface area (Å²) in [6.45, 7) is 0. The topological polar surface area (TPSA) is 42.0 Å². The molecule has 0 bridgehead atoms. The second kappa shape index (κ2) is 7.39. The van der Waals surface area contributed by atoms with Gasteiger partial charge in [-0.25, -0.2) is 4.98 Å². The van der Waals surface area contributed by atoms with Gasteiger partial charge in [0.2, 0.25) is 0 Å². The van der Waals surface area contributed by atoms with Gasteiger partial charge in [-0.15, -0.1) is 0 Å². The van der Waals surface area contributed by atoms with Gasteiger partial charge in [-0.2, -0.15) is 0 Å². The van der Waals surface area contributed by atoms with Crippen molar-refractivity contribution in [1.29, 1.82) is 0 Å². The van der Waals surface area contributed by atoms with Gasteiger partial charge >= 0.3 is 0 Å². The van der Waals surface area contributed by atoms with Crippen LogP contribution in [0.1, 0.15) is 10.4 Å². The van der Waals surface area contributed by atoms with Crippen molar-refractivity contribution in [3.8, 4) is 11.3 Å². The predicted molar refractivity (Wildman–Crippen MR) is 112 cm³/mol. The zero-order valence-electron chi connectivity index (χ0n) is 14.1. The fourth-order valence-corrected chi connectivity index (χ4v) is 3.31. The van der Waals surface area contributed by atoms with E-state index >= 15 is 0 Å². The third-order valence-corrected chi connectivity index (χ3v) is 4.86. The lowest BCUT2D eigenvalue weighted by Gasteiger charge is -2.12. The maximum Gasteiger partial charge on any atom is 0.256 e. The van der Waals surface area contributed by atoms with Gasteiger partial charge in [-0.3, -0.25) is 4.79 Å². The Hall–Kier alpha value is -2.88. The van der Waals surface area contributed by atoms with Gasteiger partial charge in [0.25, 0.3) is 5.91 Å². The van der Waals surface area contributed by atoms with E-state index in [9.17, 15) is 4.79 Å². The van der Waals surface area contributed by atoms with E-state index in [0.29, 0.717) is 37.9 Å². The molecule has 0 unspecified atom stereocenters. The highest BCUT2D eigenvalue weighted by Gasteiger charge is 2.16. The minimum absolute atomic E-state index is 0.269. The zero-order chi connectivity index (χ0) is 18.8. The van der Waals surface area contributed by atoms with E-state index in [-0.39, 0.29) is 5.91 Å². The monoisotopic (exact) mass is 392 g/mol. The molecule has 0 spiro atoms. The molecule has 0 fully saturated rings. The molecule has 4 aromatic rings. The predicted octanol–water partition coefficient (Wildman–Crippen LogP) is 6.46. The van der Waals surface area contributed by atoms with Gasteiger partial charge in [0, 0.05) is 10.9 Å². The van der Waals surface area contributed by atoms with Crippen molar-refractivity contribution in [1.82, 2.24) is 4.98 Å². The summed E-state index contributed by atoms with van der Waals surface area (Å²) in [7, 11) is 0. The van der Waals surface area contributed by atoms with Crippen LogP contribution in [0.25, 0.3) is 22.2 Å². The largest absolute Gasteiger partial charge is 0.321 e. The van der Waals surface area contributed by atoms with Crippen LogP contribution in [-0.2, 0) is 0 Å². The van der Waals surface area contributed by atoms with Crippen molar-refractivity contribution in [3.63, 3.8) is 0 Å². The fourth-order valence-electron chi connectivity index (χ4n) is 2.91. The molecular weight excluding hydrogens is 379 g/mol. The number of anilines is 1. The molecule has 0 saturated heterocycles. The number of carbonyl (C=O) groups is 1. The van der Waals surface area contributed by atoms with Crippen LogP contribution >= 0.6 is 23.2 Å². The normalized spacial score (nSPS) is 10.7. The van der Waals surface area contributed by atoms with Crippen LogP contribution in [0.15, 0.2) is 78.9 Å². The second-order valence-electron chi connectivity index (χ2n) is 5.99. The number of para-hydroxylation sites is 2. The van der Waals surface area contributed by atoms with Crippen LogP contribution in [0.3, 0.4) is 0 Å². The molecule has 0 aliphatic heterocycles. The van der Waals surface area contributed by atoms with Crippen molar-refractivity contribution >= 4 is 45.7 Å². The molecule has 0 saturated carbocycles. The van der Waals surface area contributed by atoms with Crippen LogP contribution in [0.2, 0.25) is 10.0 Å². The van der Waals surface area contributed by atoms with Crippen molar-refractivity contribution in [2.24, 2.45) is 0 Å². The third kappa shape index (κ3) is 3.52. The van der Waals surface area contributed by atoms with Crippen molar-refractivity contribution in [3.05, 3.63) is 94.5 Å². The molecule has 5 heteroatoms. The minimum Gasteiger partial charge on any atom is -0.321 e. The summed E-state index contributed by atoms with van der Waals surface area (Å²) in [5.74, 6) is -0.269. The SMILES string of the molecule is O=C(Nc1ccccc1Cl)c1cc(-c2ccccc2)nc2c(Cl)cccc12. The number of benzene rings is 3.